The van der Waals surface area contributed by atoms with Crippen LogP contribution in [0.3, 0.4) is 0 Å². The fourth-order valence-electron chi connectivity index (χ4n) is 2.72. The topological polar surface area (TPSA) is 84.2 Å². The van der Waals surface area contributed by atoms with Gasteiger partial charge in [0.25, 0.3) is 0 Å². The summed E-state index contributed by atoms with van der Waals surface area (Å²) in [5.74, 6) is 1.96. The monoisotopic (exact) mass is 385 g/mol. The molecule has 0 radical (unpaired) electrons. The lowest BCUT2D eigenvalue weighted by Crippen LogP contribution is -2.23. The highest BCUT2D eigenvalue weighted by Crippen LogP contribution is 2.24. The van der Waals surface area contributed by atoms with E-state index in [1.807, 2.05) is 45.0 Å². The maximum absolute atomic E-state index is 12.0. The van der Waals surface area contributed by atoms with Gasteiger partial charge in [0.15, 0.2) is 0 Å². The Labute approximate surface area is 167 Å². The van der Waals surface area contributed by atoms with Gasteiger partial charge in [0.05, 0.1) is 6.54 Å². The van der Waals surface area contributed by atoms with Crippen LogP contribution < -0.4 is 10.6 Å². The predicted octanol–water partition coefficient (Wildman–Crippen LogP) is 4.69. The van der Waals surface area contributed by atoms with Gasteiger partial charge in [-0.3, -0.25) is 9.59 Å². The van der Waals surface area contributed by atoms with Gasteiger partial charge in [0, 0.05) is 24.1 Å². The van der Waals surface area contributed by atoms with Crippen molar-refractivity contribution in [3.05, 3.63) is 35.7 Å². The van der Waals surface area contributed by atoms with Gasteiger partial charge in [-0.2, -0.15) is 0 Å². The van der Waals surface area contributed by atoms with Crippen LogP contribution in [0.5, 0.6) is 0 Å². The first-order valence-corrected chi connectivity index (χ1v) is 9.88. The van der Waals surface area contributed by atoms with E-state index >= 15 is 0 Å². The zero-order valence-corrected chi connectivity index (χ0v) is 17.5. The van der Waals surface area contributed by atoms with Gasteiger partial charge in [-0.25, -0.2) is 4.98 Å². The van der Waals surface area contributed by atoms with Crippen LogP contribution in [0.25, 0.3) is 11.5 Å². The third kappa shape index (κ3) is 6.83. The van der Waals surface area contributed by atoms with Crippen molar-refractivity contribution in [1.82, 2.24) is 10.3 Å². The van der Waals surface area contributed by atoms with E-state index in [1.165, 1.54) is 0 Å². The van der Waals surface area contributed by atoms with E-state index in [0.29, 0.717) is 54.3 Å². The molecule has 0 saturated carbocycles. The van der Waals surface area contributed by atoms with Crippen molar-refractivity contribution < 1.29 is 14.0 Å². The number of carbonyl (C=O) groups is 2. The van der Waals surface area contributed by atoms with Crippen molar-refractivity contribution in [2.75, 3.05) is 5.32 Å². The summed E-state index contributed by atoms with van der Waals surface area (Å²) in [6.07, 6.45) is 1.85. The summed E-state index contributed by atoms with van der Waals surface area (Å²) >= 11 is 0. The molecule has 0 aliphatic carbocycles. The van der Waals surface area contributed by atoms with Crippen LogP contribution in [0.2, 0.25) is 0 Å². The summed E-state index contributed by atoms with van der Waals surface area (Å²) in [5.41, 5.74) is 2.20. The molecule has 152 valence electrons. The van der Waals surface area contributed by atoms with E-state index < -0.39 is 0 Å². The third-order valence-corrected chi connectivity index (χ3v) is 4.28. The number of nitrogens with one attached hydrogen (secondary N) is 2. The highest BCUT2D eigenvalue weighted by Gasteiger charge is 2.14. The van der Waals surface area contributed by atoms with Gasteiger partial charge in [0.2, 0.25) is 17.7 Å². The van der Waals surface area contributed by atoms with E-state index in [2.05, 4.69) is 29.5 Å². The van der Waals surface area contributed by atoms with Crippen molar-refractivity contribution in [3.8, 4) is 11.5 Å². The van der Waals surface area contributed by atoms with Gasteiger partial charge in [0.1, 0.15) is 11.5 Å². The van der Waals surface area contributed by atoms with E-state index in [4.69, 9.17) is 4.42 Å². The zero-order valence-electron chi connectivity index (χ0n) is 17.5. The van der Waals surface area contributed by atoms with E-state index in [-0.39, 0.29) is 11.8 Å². The fourth-order valence-corrected chi connectivity index (χ4v) is 2.72. The first-order valence-electron chi connectivity index (χ1n) is 9.88. The molecule has 0 fully saturated rings. The van der Waals surface area contributed by atoms with Crippen molar-refractivity contribution >= 4 is 17.5 Å². The molecular weight excluding hydrogens is 354 g/mol. The summed E-state index contributed by atoms with van der Waals surface area (Å²) in [4.78, 5) is 28.4. The molecule has 6 heteroatoms. The molecule has 6 nitrogen and oxygen atoms in total. The van der Waals surface area contributed by atoms with Crippen molar-refractivity contribution in [1.29, 1.82) is 0 Å². The quantitative estimate of drug-likeness (QED) is 0.656. The van der Waals surface area contributed by atoms with Crippen LogP contribution in [-0.4, -0.2) is 16.8 Å². The third-order valence-electron chi connectivity index (χ3n) is 4.28. The van der Waals surface area contributed by atoms with Crippen molar-refractivity contribution in [2.24, 2.45) is 11.8 Å². The zero-order chi connectivity index (χ0) is 20.7. The molecule has 28 heavy (non-hydrogen) atoms. The standard InChI is InChI=1S/C22H31N3O3/c1-14(2)9-10-20(26)23-13-19-16(5)28-22(25-19)17-7-6-8-18(12-17)24-21(27)11-15(3)4/h6-8,12,14-15H,9-11,13H2,1-5H3,(H,23,26)(H,24,27). The molecule has 1 heterocycles. The molecule has 2 amide bonds. The summed E-state index contributed by atoms with van der Waals surface area (Å²) < 4.78 is 5.78. The number of anilines is 1. The van der Waals surface area contributed by atoms with Crippen LogP contribution in [0.15, 0.2) is 28.7 Å². The van der Waals surface area contributed by atoms with Crippen molar-refractivity contribution in [2.45, 2.75) is 60.4 Å². The molecule has 1 aromatic carbocycles. The number of aromatic nitrogens is 1. The summed E-state index contributed by atoms with van der Waals surface area (Å²) in [7, 11) is 0. The average molecular weight is 386 g/mol. The lowest BCUT2D eigenvalue weighted by Gasteiger charge is -2.07. The molecule has 2 aromatic rings. The van der Waals surface area contributed by atoms with Gasteiger partial charge in [-0.15, -0.1) is 0 Å². The van der Waals surface area contributed by atoms with E-state index in [0.717, 1.165) is 12.0 Å². The largest absolute Gasteiger partial charge is 0.441 e. The smallest absolute Gasteiger partial charge is 0.226 e. The second-order valence-corrected chi connectivity index (χ2v) is 7.96. The Balaban J connectivity index is 2.02. The number of oxazole rings is 1. The normalized spacial score (nSPS) is 11.1. The lowest BCUT2D eigenvalue weighted by molar-refractivity contribution is -0.121. The minimum absolute atomic E-state index is 0.0134. The molecular formula is C22H31N3O3. The molecule has 0 aliphatic heterocycles. The van der Waals surface area contributed by atoms with Gasteiger partial charge >= 0.3 is 0 Å². The van der Waals surface area contributed by atoms with Gasteiger partial charge in [-0.1, -0.05) is 33.8 Å². The first-order chi connectivity index (χ1) is 13.2. The fraction of sp³-hybridized carbons (Fsp3) is 0.500. The molecule has 0 saturated heterocycles. The van der Waals surface area contributed by atoms with Crippen molar-refractivity contribution in [3.63, 3.8) is 0 Å². The predicted molar refractivity (Wildman–Crippen MR) is 111 cm³/mol. The maximum atomic E-state index is 12.0. The Morgan fingerprint density at radius 1 is 1.11 bits per heavy atom. The molecule has 0 aliphatic rings. The summed E-state index contributed by atoms with van der Waals surface area (Å²) in [6.45, 7) is 10.4. The molecule has 0 bridgehead atoms. The highest BCUT2D eigenvalue weighted by atomic mass is 16.4. The Kier molecular flexibility index (Phi) is 7.79. The molecule has 1 aromatic heterocycles. The molecule has 2 N–H and O–H groups in total. The van der Waals surface area contributed by atoms with Crippen LogP contribution >= 0.6 is 0 Å². The lowest BCUT2D eigenvalue weighted by atomic mass is 10.1. The van der Waals surface area contributed by atoms with Crippen LogP contribution in [0.1, 0.15) is 58.4 Å². The second kappa shape index (κ2) is 10.1. The van der Waals surface area contributed by atoms with Crippen LogP contribution in [0, 0.1) is 18.8 Å². The SMILES string of the molecule is Cc1oc(-c2cccc(NC(=O)CC(C)C)c2)nc1CNC(=O)CCC(C)C. The Morgan fingerprint density at radius 3 is 2.54 bits per heavy atom. The number of benzene rings is 1. The maximum Gasteiger partial charge on any atom is 0.226 e. The number of hydrogen-bond donors (Lipinski definition) is 2. The Morgan fingerprint density at radius 2 is 1.86 bits per heavy atom. The first kappa shape index (κ1) is 21.7. The number of carbonyl (C=O) groups excluding carboxylic acids is 2. The number of rotatable bonds is 9. The van der Waals surface area contributed by atoms with E-state index in [1.54, 1.807) is 0 Å². The number of hydrogen-bond acceptors (Lipinski definition) is 4. The number of aryl methyl sites for hydroxylation is 1. The van der Waals surface area contributed by atoms with Gasteiger partial charge in [-0.05, 0) is 43.4 Å². The van der Waals surface area contributed by atoms with Crippen LogP contribution in [0.4, 0.5) is 5.69 Å². The molecule has 0 unspecified atom stereocenters. The number of nitrogens with zero attached hydrogens (tertiary/aromatic N) is 1. The van der Waals surface area contributed by atoms with Gasteiger partial charge < -0.3 is 15.1 Å². The average Bonchev–Trinajstić information content (AvgIpc) is 2.98. The number of amides is 2. The second-order valence-electron chi connectivity index (χ2n) is 7.96. The van der Waals surface area contributed by atoms with E-state index in [9.17, 15) is 9.59 Å². The molecule has 2 rings (SSSR count). The Hall–Kier alpha value is -2.63. The molecule has 0 atom stereocenters. The minimum atomic E-state index is -0.0134. The summed E-state index contributed by atoms with van der Waals surface area (Å²) in [5, 5.41) is 5.80. The summed E-state index contributed by atoms with van der Waals surface area (Å²) in [6, 6.07) is 7.42. The minimum Gasteiger partial charge on any atom is -0.441 e. The highest BCUT2D eigenvalue weighted by molar-refractivity contribution is 5.91. The Bertz CT molecular complexity index is 809. The van der Waals surface area contributed by atoms with Crippen LogP contribution in [-0.2, 0) is 16.1 Å². The molecule has 0 spiro atoms.